The van der Waals surface area contributed by atoms with Crippen LogP contribution in [0.2, 0.25) is 0 Å². The van der Waals surface area contributed by atoms with Gasteiger partial charge in [-0.05, 0) is 44.5 Å². The predicted octanol–water partition coefficient (Wildman–Crippen LogP) is 3.26. The molecule has 1 aliphatic rings. The highest BCUT2D eigenvalue weighted by atomic mass is 16.3. The topological polar surface area (TPSA) is 52.6 Å². The van der Waals surface area contributed by atoms with E-state index in [1.165, 1.54) is 11.1 Å². The zero-order valence-electron chi connectivity index (χ0n) is 16.3. The molecule has 4 nitrogen and oxygen atoms in total. The van der Waals surface area contributed by atoms with Crippen LogP contribution in [0, 0.1) is 0 Å². The molecule has 1 heterocycles. The van der Waals surface area contributed by atoms with E-state index in [-0.39, 0.29) is 17.9 Å². The maximum absolute atomic E-state index is 12.7. The first-order valence-corrected chi connectivity index (χ1v) is 9.39. The van der Waals surface area contributed by atoms with Crippen LogP contribution in [0.15, 0.2) is 54.6 Å². The van der Waals surface area contributed by atoms with Gasteiger partial charge in [0.2, 0.25) is 0 Å². The molecule has 0 saturated carbocycles. The van der Waals surface area contributed by atoms with E-state index in [0.29, 0.717) is 12.1 Å². The van der Waals surface area contributed by atoms with E-state index in [9.17, 15) is 4.79 Å². The lowest BCUT2D eigenvalue weighted by Gasteiger charge is -2.36. The number of nitrogens with one attached hydrogen (secondary N) is 1. The fourth-order valence-electron chi connectivity index (χ4n) is 3.57. The second-order valence-electron chi connectivity index (χ2n) is 7.93. The molecular formula is C23H28N2O2. The van der Waals surface area contributed by atoms with Crippen LogP contribution in [0.25, 0.3) is 5.70 Å². The number of likely N-dealkylation sites (N-methyl/N-ethyl adjacent to an activating group) is 1. The van der Waals surface area contributed by atoms with Crippen LogP contribution in [0.4, 0.5) is 0 Å². The van der Waals surface area contributed by atoms with Crippen molar-refractivity contribution in [2.45, 2.75) is 32.4 Å². The third-order valence-electron chi connectivity index (χ3n) is 4.84. The Morgan fingerprint density at radius 2 is 1.96 bits per heavy atom. The van der Waals surface area contributed by atoms with Gasteiger partial charge in [-0.2, -0.15) is 0 Å². The standard InChI is InChI=1S/C23H28N2O2/c1-23(2)15-19-10-9-17(16-25(3)11-12-26)13-20(19)21(24-23)14-22(27)18-7-5-4-6-8-18/h4-10,13-14,24,26H,11-12,15-16H2,1-3H3/b21-14-. The van der Waals surface area contributed by atoms with Crippen LogP contribution in [0.5, 0.6) is 0 Å². The fourth-order valence-corrected chi connectivity index (χ4v) is 3.57. The minimum Gasteiger partial charge on any atom is -0.395 e. The van der Waals surface area contributed by atoms with Crippen LogP contribution in [-0.2, 0) is 13.0 Å². The van der Waals surface area contributed by atoms with Gasteiger partial charge in [-0.15, -0.1) is 0 Å². The van der Waals surface area contributed by atoms with Crippen LogP contribution < -0.4 is 5.32 Å². The highest BCUT2D eigenvalue weighted by Gasteiger charge is 2.28. The van der Waals surface area contributed by atoms with Gasteiger partial charge in [0.05, 0.1) is 6.61 Å². The van der Waals surface area contributed by atoms with E-state index in [2.05, 4.69) is 42.3 Å². The van der Waals surface area contributed by atoms with Crippen molar-refractivity contribution >= 4 is 11.5 Å². The molecule has 0 fully saturated rings. The van der Waals surface area contributed by atoms with Gasteiger partial charge in [-0.1, -0.05) is 42.5 Å². The first-order chi connectivity index (χ1) is 12.9. The van der Waals surface area contributed by atoms with Crippen LogP contribution in [0.1, 0.15) is 40.9 Å². The number of allylic oxidation sites excluding steroid dienone is 1. The predicted molar refractivity (Wildman–Crippen MR) is 110 cm³/mol. The van der Waals surface area contributed by atoms with E-state index in [1.807, 2.05) is 37.4 Å². The van der Waals surface area contributed by atoms with Crippen molar-refractivity contribution in [2.24, 2.45) is 0 Å². The summed E-state index contributed by atoms with van der Waals surface area (Å²) in [6.07, 6.45) is 2.63. The summed E-state index contributed by atoms with van der Waals surface area (Å²) in [5, 5.41) is 12.7. The summed E-state index contributed by atoms with van der Waals surface area (Å²) in [4.78, 5) is 14.8. The summed E-state index contributed by atoms with van der Waals surface area (Å²) in [5.74, 6) is 0.00421. The fraction of sp³-hybridized carbons (Fsp3) is 0.348. The number of rotatable bonds is 6. The number of hydrogen-bond acceptors (Lipinski definition) is 4. The zero-order valence-corrected chi connectivity index (χ0v) is 16.3. The van der Waals surface area contributed by atoms with Gasteiger partial charge in [-0.3, -0.25) is 9.69 Å². The molecule has 0 spiro atoms. The average Bonchev–Trinajstić information content (AvgIpc) is 2.62. The summed E-state index contributed by atoms with van der Waals surface area (Å²) < 4.78 is 0. The first-order valence-electron chi connectivity index (χ1n) is 9.39. The Morgan fingerprint density at radius 3 is 2.67 bits per heavy atom. The van der Waals surface area contributed by atoms with E-state index >= 15 is 0 Å². The molecule has 142 valence electrons. The van der Waals surface area contributed by atoms with Gasteiger partial charge in [0.1, 0.15) is 0 Å². The molecule has 2 N–H and O–H groups in total. The number of carbonyl (C=O) groups is 1. The van der Waals surface area contributed by atoms with E-state index < -0.39 is 0 Å². The Kier molecular flexibility index (Phi) is 5.78. The number of ketones is 1. The van der Waals surface area contributed by atoms with Gasteiger partial charge in [-0.25, -0.2) is 0 Å². The normalized spacial score (nSPS) is 16.9. The maximum Gasteiger partial charge on any atom is 0.187 e. The molecule has 1 aliphatic heterocycles. The molecule has 0 radical (unpaired) electrons. The lowest BCUT2D eigenvalue weighted by molar-refractivity contribution is 0.104. The van der Waals surface area contributed by atoms with Crippen molar-refractivity contribution in [1.29, 1.82) is 0 Å². The number of aliphatic hydroxyl groups is 1. The minimum atomic E-state index is -0.106. The van der Waals surface area contributed by atoms with Crippen molar-refractivity contribution in [2.75, 3.05) is 20.2 Å². The van der Waals surface area contributed by atoms with Crippen LogP contribution in [0.3, 0.4) is 0 Å². The summed E-state index contributed by atoms with van der Waals surface area (Å²) in [6, 6.07) is 15.8. The van der Waals surface area contributed by atoms with E-state index in [1.54, 1.807) is 6.08 Å². The molecule has 0 saturated heterocycles. The lowest BCUT2D eigenvalue weighted by Crippen LogP contribution is -2.44. The molecular weight excluding hydrogens is 336 g/mol. The SMILES string of the molecule is CN(CCO)Cc1ccc2c(c1)/C(=C/C(=O)c1ccccc1)NC(C)(C)C2. The van der Waals surface area contributed by atoms with Gasteiger partial charge in [0.15, 0.2) is 5.78 Å². The van der Waals surface area contributed by atoms with Gasteiger partial charge in [0.25, 0.3) is 0 Å². The lowest BCUT2D eigenvalue weighted by atomic mass is 9.84. The second-order valence-corrected chi connectivity index (χ2v) is 7.93. The Hall–Kier alpha value is -2.43. The monoisotopic (exact) mass is 364 g/mol. The van der Waals surface area contributed by atoms with Crippen molar-refractivity contribution in [1.82, 2.24) is 10.2 Å². The molecule has 0 aliphatic carbocycles. The summed E-state index contributed by atoms with van der Waals surface area (Å²) >= 11 is 0. The molecule has 0 bridgehead atoms. The molecule has 2 aromatic carbocycles. The van der Waals surface area contributed by atoms with Crippen molar-refractivity contribution < 1.29 is 9.90 Å². The number of benzene rings is 2. The van der Waals surface area contributed by atoms with E-state index in [0.717, 1.165) is 24.2 Å². The van der Waals surface area contributed by atoms with Gasteiger partial charge < -0.3 is 10.4 Å². The second kappa shape index (κ2) is 8.07. The smallest absolute Gasteiger partial charge is 0.187 e. The molecule has 3 rings (SSSR count). The molecule has 0 amide bonds. The number of fused-ring (bicyclic) bond motifs is 1. The molecule has 0 aromatic heterocycles. The van der Waals surface area contributed by atoms with Gasteiger partial charge >= 0.3 is 0 Å². The average molecular weight is 364 g/mol. The van der Waals surface area contributed by atoms with E-state index in [4.69, 9.17) is 5.11 Å². The summed E-state index contributed by atoms with van der Waals surface area (Å²) in [6.45, 7) is 5.85. The van der Waals surface area contributed by atoms with Crippen molar-refractivity contribution in [3.8, 4) is 0 Å². The Labute approximate surface area is 161 Å². The molecule has 4 heteroatoms. The Bertz CT molecular complexity index is 841. The first kappa shape index (κ1) is 19.3. The third kappa shape index (κ3) is 4.85. The highest BCUT2D eigenvalue weighted by Crippen LogP contribution is 2.31. The summed E-state index contributed by atoms with van der Waals surface area (Å²) in [7, 11) is 1.99. The van der Waals surface area contributed by atoms with Crippen molar-refractivity contribution in [3.05, 3.63) is 76.9 Å². The Morgan fingerprint density at radius 1 is 1.22 bits per heavy atom. The largest absolute Gasteiger partial charge is 0.395 e. The maximum atomic E-state index is 12.7. The number of carbonyl (C=O) groups excluding carboxylic acids is 1. The molecule has 2 aromatic rings. The molecule has 27 heavy (non-hydrogen) atoms. The van der Waals surface area contributed by atoms with Crippen LogP contribution in [-0.4, -0.2) is 41.5 Å². The number of hydrogen-bond donors (Lipinski definition) is 2. The number of aliphatic hydroxyl groups excluding tert-OH is 1. The third-order valence-corrected chi connectivity index (χ3v) is 4.84. The van der Waals surface area contributed by atoms with Crippen molar-refractivity contribution in [3.63, 3.8) is 0 Å². The van der Waals surface area contributed by atoms with Gasteiger partial charge in [0, 0.05) is 41.5 Å². The Balaban J connectivity index is 1.95. The molecule has 0 atom stereocenters. The zero-order chi connectivity index (χ0) is 19.4. The number of nitrogens with zero attached hydrogens (tertiary/aromatic N) is 1. The molecule has 0 unspecified atom stereocenters. The highest BCUT2D eigenvalue weighted by molar-refractivity contribution is 6.08. The minimum absolute atomic E-state index is 0.00421. The quantitative estimate of drug-likeness (QED) is 0.610. The van der Waals surface area contributed by atoms with Crippen LogP contribution >= 0.6 is 0 Å². The summed E-state index contributed by atoms with van der Waals surface area (Å²) in [5.41, 5.74) is 4.97.